The minimum atomic E-state index is -0.775. The first-order chi connectivity index (χ1) is 7.31. The van der Waals surface area contributed by atoms with E-state index in [9.17, 15) is 4.79 Å². The van der Waals surface area contributed by atoms with Crippen molar-refractivity contribution < 1.29 is 9.90 Å². The standard InChI is InChI=1S/C12H19NO2S/c1-8(2)5-10-13-9(7-16-10)12(3,4)6-11(14)15/h7-8H,5-6H2,1-4H3,(H,14,15). The number of rotatable bonds is 5. The molecule has 0 radical (unpaired) electrons. The van der Waals surface area contributed by atoms with Crippen LogP contribution in [0.25, 0.3) is 0 Å². The lowest BCUT2D eigenvalue weighted by atomic mass is 9.86. The van der Waals surface area contributed by atoms with Gasteiger partial charge in [0.05, 0.1) is 17.1 Å². The summed E-state index contributed by atoms with van der Waals surface area (Å²) in [6.45, 7) is 8.16. The molecule has 0 spiro atoms. The average Bonchev–Trinajstić information content (AvgIpc) is 2.49. The van der Waals surface area contributed by atoms with Crippen LogP contribution in [0, 0.1) is 5.92 Å². The Morgan fingerprint density at radius 2 is 2.19 bits per heavy atom. The second-order valence-corrected chi connectivity index (χ2v) is 6.12. The Balaban J connectivity index is 2.80. The number of aromatic nitrogens is 1. The average molecular weight is 241 g/mol. The highest BCUT2D eigenvalue weighted by Gasteiger charge is 2.26. The van der Waals surface area contributed by atoms with Gasteiger partial charge in [0, 0.05) is 17.2 Å². The van der Waals surface area contributed by atoms with E-state index in [-0.39, 0.29) is 11.8 Å². The second-order valence-electron chi connectivity index (χ2n) is 5.18. The first-order valence-electron chi connectivity index (χ1n) is 5.48. The number of carboxylic acids is 1. The summed E-state index contributed by atoms with van der Waals surface area (Å²) in [7, 11) is 0. The van der Waals surface area contributed by atoms with Gasteiger partial charge in [-0.3, -0.25) is 4.79 Å². The van der Waals surface area contributed by atoms with Gasteiger partial charge in [-0.15, -0.1) is 11.3 Å². The van der Waals surface area contributed by atoms with Gasteiger partial charge in [-0.25, -0.2) is 4.98 Å². The molecule has 0 unspecified atom stereocenters. The van der Waals surface area contributed by atoms with Gasteiger partial charge in [0.25, 0.3) is 0 Å². The summed E-state index contributed by atoms with van der Waals surface area (Å²) in [4.78, 5) is 15.3. The van der Waals surface area contributed by atoms with E-state index in [4.69, 9.17) is 5.11 Å². The minimum Gasteiger partial charge on any atom is -0.481 e. The maximum absolute atomic E-state index is 10.7. The predicted molar refractivity (Wildman–Crippen MR) is 65.9 cm³/mol. The number of aliphatic carboxylic acids is 1. The summed E-state index contributed by atoms with van der Waals surface area (Å²) >= 11 is 1.63. The van der Waals surface area contributed by atoms with Crippen LogP contribution in [-0.2, 0) is 16.6 Å². The Kier molecular flexibility index (Phi) is 4.08. The fourth-order valence-electron chi connectivity index (χ4n) is 1.53. The zero-order chi connectivity index (χ0) is 12.3. The molecule has 1 aromatic rings. The van der Waals surface area contributed by atoms with E-state index in [1.165, 1.54) is 0 Å². The quantitative estimate of drug-likeness (QED) is 0.861. The van der Waals surface area contributed by atoms with E-state index < -0.39 is 5.97 Å². The summed E-state index contributed by atoms with van der Waals surface area (Å²) < 4.78 is 0. The van der Waals surface area contributed by atoms with Gasteiger partial charge < -0.3 is 5.11 Å². The second kappa shape index (κ2) is 4.95. The summed E-state index contributed by atoms with van der Waals surface area (Å²) in [6.07, 6.45) is 1.09. The first-order valence-corrected chi connectivity index (χ1v) is 6.36. The van der Waals surface area contributed by atoms with E-state index in [2.05, 4.69) is 18.8 Å². The van der Waals surface area contributed by atoms with Crippen LogP contribution in [-0.4, -0.2) is 16.1 Å². The van der Waals surface area contributed by atoms with Crippen molar-refractivity contribution in [2.45, 2.75) is 46.0 Å². The summed E-state index contributed by atoms with van der Waals surface area (Å²) in [6, 6.07) is 0. The Morgan fingerprint density at radius 1 is 1.56 bits per heavy atom. The van der Waals surface area contributed by atoms with Crippen LogP contribution in [0.2, 0.25) is 0 Å². The Bertz CT molecular complexity index is 369. The Hall–Kier alpha value is -0.900. The lowest BCUT2D eigenvalue weighted by molar-refractivity contribution is -0.138. The molecule has 0 saturated carbocycles. The number of carboxylic acid groups (broad SMARTS) is 1. The molecule has 1 N–H and O–H groups in total. The van der Waals surface area contributed by atoms with E-state index >= 15 is 0 Å². The van der Waals surface area contributed by atoms with Crippen molar-refractivity contribution in [2.75, 3.05) is 0 Å². The number of carbonyl (C=O) groups is 1. The molecule has 1 aromatic heterocycles. The highest BCUT2D eigenvalue weighted by molar-refractivity contribution is 7.09. The summed E-state index contributed by atoms with van der Waals surface area (Å²) in [5.41, 5.74) is 0.521. The zero-order valence-electron chi connectivity index (χ0n) is 10.3. The van der Waals surface area contributed by atoms with Crippen molar-refractivity contribution >= 4 is 17.3 Å². The van der Waals surface area contributed by atoms with Crippen LogP contribution in [0.1, 0.15) is 44.8 Å². The van der Waals surface area contributed by atoms with Crippen LogP contribution < -0.4 is 0 Å². The molecule has 0 aromatic carbocycles. The van der Waals surface area contributed by atoms with Crippen LogP contribution in [0.5, 0.6) is 0 Å². The van der Waals surface area contributed by atoms with E-state index in [0.29, 0.717) is 5.92 Å². The molecule has 0 saturated heterocycles. The highest BCUT2D eigenvalue weighted by Crippen LogP contribution is 2.28. The minimum absolute atomic E-state index is 0.123. The van der Waals surface area contributed by atoms with Crippen LogP contribution in [0.15, 0.2) is 5.38 Å². The Morgan fingerprint density at radius 3 is 2.69 bits per heavy atom. The van der Waals surface area contributed by atoms with Crippen LogP contribution in [0.3, 0.4) is 0 Å². The first kappa shape index (κ1) is 13.2. The SMILES string of the molecule is CC(C)Cc1nc(C(C)(C)CC(=O)O)cs1. The molecule has 0 atom stereocenters. The van der Waals surface area contributed by atoms with Crippen molar-refractivity contribution in [3.8, 4) is 0 Å². The third kappa shape index (κ3) is 3.59. The van der Waals surface area contributed by atoms with Crippen LogP contribution >= 0.6 is 11.3 Å². The lowest BCUT2D eigenvalue weighted by Crippen LogP contribution is -2.22. The molecule has 16 heavy (non-hydrogen) atoms. The molecule has 3 nitrogen and oxygen atoms in total. The molecule has 0 bridgehead atoms. The highest BCUT2D eigenvalue weighted by atomic mass is 32.1. The number of hydrogen-bond acceptors (Lipinski definition) is 3. The number of nitrogens with zero attached hydrogens (tertiary/aromatic N) is 1. The number of thiazole rings is 1. The summed E-state index contributed by atoms with van der Waals surface area (Å²) in [5.74, 6) is -0.190. The van der Waals surface area contributed by atoms with E-state index in [0.717, 1.165) is 17.1 Å². The molecule has 0 fully saturated rings. The molecular formula is C12H19NO2S. The van der Waals surface area contributed by atoms with Gasteiger partial charge in [-0.1, -0.05) is 27.7 Å². The largest absolute Gasteiger partial charge is 0.481 e. The molecular weight excluding hydrogens is 222 g/mol. The molecule has 0 aliphatic rings. The molecule has 0 aliphatic heterocycles. The lowest BCUT2D eigenvalue weighted by Gasteiger charge is -2.19. The zero-order valence-corrected chi connectivity index (χ0v) is 11.1. The molecule has 0 aliphatic carbocycles. The van der Waals surface area contributed by atoms with Gasteiger partial charge in [-0.05, 0) is 5.92 Å². The summed E-state index contributed by atoms with van der Waals surface area (Å²) in [5, 5.41) is 11.9. The van der Waals surface area contributed by atoms with Crippen molar-refractivity contribution in [3.05, 3.63) is 16.1 Å². The van der Waals surface area contributed by atoms with Crippen molar-refractivity contribution in [2.24, 2.45) is 5.92 Å². The number of hydrogen-bond donors (Lipinski definition) is 1. The normalized spacial score (nSPS) is 12.1. The molecule has 90 valence electrons. The van der Waals surface area contributed by atoms with Gasteiger partial charge in [0.2, 0.25) is 0 Å². The molecule has 4 heteroatoms. The smallest absolute Gasteiger partial charge is 0.304 e. The van der Waals surface area contributed by atoms with Gasteiger partial charge in [0.1, 0.15) is 0 Å². The van der Waals surface area contributed by atoms with E-state index in [1.807, 2.05) is 19.2 Å². The fraction of sp³-hybridized carbons (Fsp3) is 0.667. The topological polar surface area (TPSA) is 50.2 Å². The third-order valence-corrected chi connectivity index (χ3v) is 3.29. The Labute approximate surface area is 101 Å². The van der Waals surface area contributed by atoms with Gasteiger partial charge in [-0.2, -0.15) is 0 Å². The van der Waals surface area contributed by atoms with Crippen LogP contribution in [0.4, 0.5) is 0 Å². The monoisotopic (exact) mass is 241 g/mol. The predicted octanol–water partition coefficient (Wildman–Crippen LogP) is 3.09. The maximum Gasteiger partial charge on any atom is 0.304 e. The van der Waals surface area contributed by atoms with Gasteiger partial charge >= 0.3 is 5.97 Å². The van der Waals surface area contributed by atoms with E-state index in [1.54, 1.807) is 11.3 Å². The van der Waals surface area contributed by atoms with Gasteiger partial charge in [0.15, 0.2) is 0 Å². The third-order valence-electron chi connectivity index (χ3n) is 2.42. The van der Waals surface area contributed by atoms with Crippen molar-refractivity contribution in [3.63, 3.8) is 0 Å². The maximum atomic E-state index is 10.7. The molecule has 1 rings (SSSR count). The van der Waals surface area contributed by atoms with Crippen molar-refractivity contribution in [1.82, 2.24) is 4.98 Å². The van der Waals surface area contributed by atoms with Crippen molar-refractivity contribution in [1.29, 1.82) is 0 Å². The fourth-order valence-corrected chi connectivity index (χ4v) is 2.73. The molecule has 1 heterocycles. The molecule has 0 amide bonds.